The third-order valence-electron chi connectivity index (χ3n) is 4.33. The fraction of sp³-hybridized carbons (Fsp3) is 0.412. The number of esters is 1. The van der Waals surface area contributed by atoms with Gasteiger partial charge in [0.25, 0.3) is 0 Å². The lowest BCUT2D eigenvalue weighted by Crippen LogP contribution is -2.13. The van der Waals surface area contributed by atoms with Crippen LogP contribution in [0.3, 0.4) is 0 Å². The molecule has 1 fully saturated rings. The zero-order valence-corrected chi connectivity index (χ0v) is 13.3. The number of halogens is 4. The van der Waals surface area contributed by atoms with Crippen LogP contribution in [0.25, 0.3) is 0 Å². The topological polar surface area (TPSA) is 50.1 Å². The maximum Gasteiger partial charge on any atom is 0.310 e. The highest BCUT2D eigenvalue weighted by Gasteiger charge is 2.61. The van der Waals surface area contributed by atoms with Crippen LogP contribution in [0.1, 0.15) is 26.3 Å². The number of allylic oxidation sites excluding steroid dienone is 2. The molecular weight excluding hydrogens is 326 g/mol. The minimum atomic E-state index is -1.59. The summed E-state index contributed by atoms with van der Waals surface area (Å²) in [5.41, 5.74) is -1.01. The van der Waals surface area contributed by atoms with Crippen molar-refractivity contribution >= 4 is 5.97 Å². The lowest BCUT2D eigenvalue weighted by molar-refractivity contribution is -0.147. The second-order valence-corrected chi connectivity index (χ2v) is 6.34. The third-order valence-corrected chi connectivity index (χ3v) is 4.33. The van der Waals surface area contributed by atoms with Crippen LogP contribution in [0.2, 0.25) is 0 Å². The number of carbonyl (C=O) groups is 1. The fourth-order valence-electron chi connectivity index (χ4n) is 2.73. The Morgan fingerprint density at radius 2 is 1.83 bits per heavy atom. The first-order valence-electron chi connectivity index (χ1n) is 7.18. The molecule has 3 nitrogen and oxygen atoms in total. The summed E-state index contributed by atoms with van der Waals surface area (Å²) in [6, 6.07) is 2.03. The van der Waals surface area contributed by atoms with Crippen molar-refractivity contribution < 1.29 is 27.1 Å². The molecule has 1 aromatic carbocycles. The SMILES string of the molecule is CC(C#N)=CC1C(C(=O)OCc2c(F)c(F)cc(F)c2F)C1(C)C. The summed E-state index contributed by atoms with van der Waals surface area (Å²) in [6.45, 7) is 4.25. The van der Waals surface area contributed by atoms with E-state index in [1.807, 2.05) is 6.07 Å². The van der Waals surface area contributed by atoms with E-state index in [0.717, 1.165) is 0 Å². The van der Waals surface area contributed by atoms with Crippen molar-refractivity contribution in [1.82, 2.24) is 0 Å². The Hall–Kier alpha value is -2.36. The van der Waals surface area contributed by atoms with Crippen LogP contribution in [0, 0.1) is 51.9 Å². The molecule has 0 bridgehead atoms. The van der Waals surface area contributed by atoms with Gasteiger partial charge in [0.05, 0.1) is 17.6 Å². The van der Waals surface area contributed by atoms with Crippen LogP contribution >= 0.6 is 0 Å². The van der Waals surface area contributed by atoms with Gasteiger partial charge in [0.2, 0.25) is 0 Å². The average Bonchev–Trinajstić information content (AvgIpc) is 3.05. The van der Waals surface area contributed by atoms with Crippen LogP contribution in [0.5, 0.6) is 0 Å². The first-order chi connectivity index (χ1) is 11.1. The monoisotopic (exact) mass is 341 g/mol. The summed E-state index contributed by atoms with van der Waals surface area (Å²) in [4.78, 5) is 12.1. The molecule has 0 amide bonds. The zero-order valence-electron chi connectivity index (χ0n) is 13.3. The Morgan fingerprint density at radius 3 is 2.33 bits per heavy atom. The highest BCUT2D eigenvalue weighted by molar-refractivity contribution is 5.78. The largest absolute Gasteiger partial charge is 0.460 e. The van der Waals surface area contributed by atoms with Crippen molar-refractivity contribution in [3.05, 3.63) is 46.5 Å². The Balaban J connectivity index is 2.12. The lowest BCUT2D eigenvalue weighted by atomic mass is 10.1. The van der Waals surface area contributed by atoms with Gasteiger partial charge in [0.1, 0.15) is 6.61 Å². The van der Waals surface area contributed by atoms with Gasteiger partial charge in [0, 0.05) is 11.6 Å². The normalized spacial score (nSPS) is 22.0. The highest BCUT2D eigenvalue weighted by atomic mass is 19.2. The summed E-state index contributed by atoms with van der Waals surface area (Å²) in [7, 11) is 0. The van der Waals surface area contributed by atoms with E-state index in [2.05, 4.69) is 0 Å². The van der Waals surface area contributed by atoms with Crippen molar-refractivity contribution in [1.29, 1.82) is 5.26 Å². The van der Waals surface area contributed by atoms with Gasteiger partial charge in [0.15, 0.2) is 23.3 Å². The molecule has 128 valence electrons. The van der Waals surface area contributed by atoms with E-state index in [1.54, 1.807) is 26.8 Å². The Bertz CT molecular complexity index is 739. The first-order valence-corrected chi connectivity index (χ1v) is 7.18. The van der Waals surface area contributed by atoms with E-state index in [0.29, 0.717) is 5.57 Å². The van der Waals surface area contributed by atoms with Gasteiger partial charge < -0.3 is 4.74 Å². The summed E-state index contributed by atoms with van der Waals surface area (Å²) < 4.78 is 58.2. The molecule has 1 saturated carbocycles. The summed E-state index contributed by atoms with van der Waals surface area (Å²) in [5, 5.41) is 8.78. The zero-order chi connectivity index (χ0) is 18.2. The van der Waals surface area contributed by atoms with Crippen molar-refractivity contribution in [3.63, 3.8) is 0 Å². The Kier molecular flexibility index (Phi) is 4.70. The molecule has 24 heavy (non-hydrogen) atoms. The number of nitrogens with zero attached hydrogens (tertiary/aromatic N) is 1. The highest BCUT2D eigenvalue weighted by Crippen LogP contribution is 2.59. The molecule has 2 unspecified atom stereocenters. The number of ether oxygens (including phenoxy) is 1. The Morgan fingerprint density at radius 1 is 1.29 bits per heavy atom. The number of benzene rings is 1. The van der Waals surface area contributed by atoms with Gasteiger partial charge >= 0.3 is 5.97 Å². The minimum absolute atomic E-state index is 0.0888. The smallest absolute Gasteiger partial charge is 0.310 e. The van der Waals surface area contributed by atoms with E-state index in [4.69, 9.17) is 10.00 Å². The average molecular weight is 341 g/mol. The van der Waals surface area contributed by atoms with Gasteiger partial charge in [-0.2, -0.15) is 5.26 Å². The van der Waals surface area contributed by atoms with E-state index in [9.17, 15) is 22.4 Å². The second-order valence-electron chi connectivity index (χ2n) is 6.34. The van der Waals surface area contributed by atoms with Crippen LogP contribution in [-0.2, 0) is 16.1 Å². The fourth-order valence-corrected chi connectivity index (χ4v) is 2.73. The molecule has 0 saturated heterocycles. The maximum atomic E-state index is 13.5. The van der Waals surface area contributed by atoms with E-state index in [1.165, 1.54) is 0 Å². The molecular formula is C17H15F4NO2. The second kappa shape index (κ2) is 6.27. The summed E-state index contributed by atoms with van der Waals surface area (Å²) >= 11 is 0. The molecule has 0 radical (unpaired) electrons. The molecule has 1 aliphatic carbocycles. The molecule has 1 aromatic rings. The van der Waals surface area contributed by atoms with E-state index >= 15 is 0 Å². The number of nitriles is 1. The number of carbonyl (C=O) groups excluding carboxylic acids is 1. The molecule has 0 spiro atoms. The summed E-state index contributed by atoms with van der Waals surface area (Å²) in [5.74, 6) is -7.87. The van der Waals surface area contributed by atoms with Crippen LogP contribution < -0.4 is 0 Å². The number of rotatable bonds is 4. The molecule has 2 atom stereocenters. The third kappa shape index (κ3) is 3.14. The molecule has 0 aliphatic heterocycles. The number of hydrogen-bond acceptors (Lipinski definition) is 3. The molecule has 2 rings (SSSR count). The molecule has 0 N–H and O–H groups in total. The van der Waals surface area contributed by atoms with Crippen LogP contribution in [-0.4, -0.2) is 5.97 Å². The van der Waals surface area contributed by atoms with Crippen molar-refractivity contribution in [2.24, 2.45) is 17.3 Å². The van der Waals surface area contributed by atoms with Gasteiger partial charge in [-0.1, -0.05) is 19.9 Å². The number of hydrogen-bond donors (Lipinski definition) is 0. The first kappa shape index (κ1) is 18.0. The van der Waals surface area contributed by atoms with Crippen LogP contribution in [0.4, 0.5) is 17.6 Å². The van der Waals surface area contributed by atoms with Crippen LogP contribution in [0.15, 0.2) is 17.7 Å². The molecule has 7 heteroatoms. The van der Waals surface area contributed by atoms with E-state index < -0.39 is 52.7 Å². The van der Waals surface area contributed by atoms with Gasteiger partial charge in [-0.15, -0.1) is 0 Å². The quantitative estimate of drug-likeness (QED) is 0.360. The lowest BCUT2D eigenvalue weighted by Gasteiger charge is -2.09. The predicted molar refractivity (Wildman–Crippen MR) is 76.2 cm³/mol. The maximum absolute atomic E-state index is 13.5. The Labute approximate surface area is 136 Å². The van der Waals surface area contributed by atoms with E-state index in [-0.39, 0.29) is 12.0 Å². The van der Waals surface area contributed by atoms with Gasteiger partial charge in [-0.05, 0) is 18.3 Å². The standard InChI is InChI=1S/C17H15F4NO2/c1-8(6-22)4-10-13(17(10,2)3)16(23)24-7-9-14(20)11(18)5-12(19)15(9)21/h4-5,10,13H,7H2,1-3H3. The van der Waals surface area contributed by atoms with Crippen molar-refractivity contribution in [2.45, 2.75) is 27.4 Å². The van der Waals surface area contributed by atoms with Crippen molar-refractivity contribution in [3.8, 4) is 6.07 Å². The van der Waals surface area contributed by atoms with Crippen molar-refractivity contribution in [2.75, 3.05) is 0 Å². The summed E-state index contributed by atoms with van der Waals surface area (Å²) in [6.07, 6.45) is 1.63. The minimum Gasteiger partial charge on any atom is -0.460 e. The van der Waals surface area contributed by atoms with Gasteiger partial charge in [-0.3, -0.25) is 4.79 Å². The molecule has 1 aliphatic rings. The predicted octanol–water partition coefficient (Wildman–Crippen LogP) is 4.03. The van der Waals surface area contributed by atoms with Gasteiger partial charge in [-0.25, -0.2) is 17.6 Å². The molecule has 0 heterocycles. The molecule has 0 aromatic heterocycles.